The summed E-state index contributed by atoms with van der Waals surface area (Å²) in [5, 5.41) is 7.66. The van der Waals surface area contributed by atoms with Crippen molar-refractivity contribution >= 4 is 28.9 Å². The first-order valence-electron chi connectivity index (χ1n) is 10.2. The first kappa shape index (κ1) is 42.7. The van der Waals surface area contributed by atoms with Gasteiger partial charge in [0.1, 0.15) is 5.82 Å². The van der Waals surface area contributed by atoms with Gasteiger partial charge in [0.05, 0.1) is 11.6 Å². The molecule has 3 N–H and O–H groups in total. The molecule has 0 unspecified atom stereocenters. The van der Waals surface area contributed by atoms with Crippen molar-refractivity contribution < 1.29 is 176 Å². The van der Waals surface area contributed by atoms with Gasteiger partial charge in [-0.2, -0.15) is 52.7 Å². The number of alkyl halides is 14. The molecule has 0 aromatic heterocycles. The molecule has 3 nitrogen and oxygen atoms in total. The zero-order valence-electron chi connectivity index (χ0n) is 20.9. The number of hydrogen-bond donors (Lipinski definition) is 3. The van der Waals surface area contributed by atoms with Crippen LogP contribution in [-0.2, 0) is 11.8 Å². The monoisotopic (exact) mass is 834 g/mol. The van der Waals surface area contributed by atoms with Crippen LogP contribution < -0.4 is 68.9 Å². The smallest absolute Gasteiger partial charge is 0.402 e. The van der Waals surface area contributed by atoms with E-state index in [1.54, 1.807) is 0 Å². The average Bonchev–Trinajstić information content (AvgIpc) is 2.86. The van der Waals surface area contributed by atoms with Crippen molar-refractivity contribution in [2.24, 2.45) is 0 Å². The summed E-state index contributed by atoms with van der Waals surface area (Å²) in [6.45, 7) is 0. The van der Waals surface area contributed by atoms with Crippen LogP contribution in [0.2, 0.25) is 0 Å². The molecule has 0 bridgehead atoms. The van der Waals surface area contributed by atoms with Crippen molar-refractivity contribution in [3.05, 3.63) is 57.9 Å². The normalized spacial score (nSPS) is 13.5. The topological polar surface area (TPSA) is 60.7 Å². The quantitative estimate of drug-likeness (QED) is 0.0920. The third kappa shape index (κ3) is 6.52. The van der Waals surface area contributed by atoms with E-state index in [4.69, 9.17) is 15.1 Å². The van der Waals surface area contributed by atoms with Crippen LogP contribution in [0.15, 0.2) is 0 Å². The van der Waals surface area contributed by atoms with Gasteiger partial charge in [0.15, 0.2) is 23.3 Å². The van der Waals surface area contributed by atoms with Crippen LogP contribution in [0, 0.1) is 46.8 Å². The molecule has 0 atom stereocenters. The molecule has 0 aliphatic rings. The summed E-state index contributed by atoms with van der Waals surface area (Å²) < 4.78 is 291. The Labute approximate surface area is 296 Å². The van der Waals surface area contributed by atoms with Gasteiger partial charge >= 0.3 is 112 Å². The van der Waals surface area contributed by atoms with Crippen LogP contribution >= 0.6 is 0 Å². The zero-order chi connectivity index (χ0) is 35.8. The van der Waals surface area contributed by atoms with E-state index in [1.807, 2.05) is 0 Å². The molecule has 0 fully saturated rings. The molecule has 252 valence electrons. The standard InChI is InChI=1S/C20F21.BH3O3.Cs/c21-3-1-2-4(10(23)9(3)22)8(16(30,31)18(34,35)20(39,40)41)6-5(11(24)13(26)14(27)12(6)25)7(2)15(28,29)17(32,33)19(36,37)38;2-1(3)4;/h;2-4H;/q-1;;+1. The molecule has 3 rings (SSSR count). The van der Waals surface area contributed by atoms with Gasteiger partial charge in [-0.3, -0.25) is 4.39 Å². The van der Waals surface area contributed by atoms with E-state index in [0.717, 1.165) is 0 Å². The van der Waals surface area contributed by atoms with E-state index in [-0.39, 0.29) is 75.0 Å². The van der Waals surface area contributed by atoms with Crippen LogP contribution in [-0.4, -0.2) is 46.6 Å². The molecule has 0 saturated carbocycles. The van der Waals surface area contributed by atoms with Crippen molar-refractivity contribution in [1.82, 2.24) is 0 Å². The molecule has 0 spiro atoms. The van der Waals surface area contributed by atoms with Gasteiger partial charge in [-0.15, -0.1) is 11.5 Å². The van der Waals surface area contributed by atoms with Crippen molar-refractivity contribution in [1.29, 1.82) is 0 Å². The Balaban J connectivity index is 0.00000199. The van der Waals surface area contributed by atoms with E-state index in [0.29, 0.717) is 0 Å². The largest absolute Gasteiger partial charge is 1.00 e. The van der Waals surface area contributed by atoms with Gasteiger partial charge in [0.25, 0.3) is 0 Å². The Morgan fingerprint density at radius 2 is 0.717 bits per heavy atom. The summed E-state index contributed by atoms with van der Waals surface area (Å²) in [5.74, 6) is -55.0. The Morgan fingerprint density at radius 1 is 0.435 bits per heavy atom. The van der Waals surface area contributed by atoms with Crippen LogP contribution in [0.3, 0.4) is 0 Å². The van der Waals surface area contributed by atoms with E-state index >= 15 is 0 Å². The number of fused-ring (bicyclic) bond motifs is 2. The SMILES string of the molecule is Fc1[c-]c2c(C(F)(F)C(F)(F)C(F)(F)F)c3c(F)c(F)c(F)c(F)c3c(C(F)(F)C(F)(F)C(F)(F)F)c2c(F)c1F.OB(O)O.[Cs+]. The van der Waals surface area contributed by atoms with Gasteiger partial charge in [0.2, 0.25) is 0 Å². The molecule has 0 amide bonds. The average molecular weight is 834 g/mol. The van der Waals surface area contributed by atoms with Gasteiger partial charge in [-0.1, -0.05) is 5.39 Å². The van der Waals surface area contributed by atoms with Crippen molar-refractivity contribution in [2.45, 2.75) is 36.0 Å². The first-order valence-corrected chi connectivity index (χ1v) is 10.2. The molecule has 3 aromatic carbocycles. The Morgan fingerprint density at radius 3 is 1.04 bits per heavy atom. The molecule has 0 saturated heterocycles. The number of benzene rings is 3. The maximum absolute atomic E-state index is 14.8. The minimum Gasteiger partial charge on any atom is -0.402 e. The second-order valence-electron chi connectivity index (χ2n) is 8.21. The summed E-state index contributed by atoms with van der Waals surface area (Å²) in [6, 6.07) is 0.246. The molecular weight excluding hydrogens is 831 g/mol. The molecule has 0 aliphatic carbocycles. The Bertz CT molecular complexity index is 1650. The molecule has 26 heteroatoms. The summed E-state index contributed by atoms with van der Waals surface area (Å²) in [5.41, 5.74) is -7.78. The summed E-state index contributed by atoms with van der Waals surface area (Å²) >= 11 is 0. The summed E-state index contributed by atoms with van der Waals surface area (Å²) in [6.07, 6.45) is -15.1. The third-order valence-corrected chi connectivity index (χ3v) is 5.49. The molecule has 3 aromatic rings. The second-order valence-corrected chi connectivity index (χ2v) is 8.21. The molecule has 0 aliphatic heterocycles. The number of hydrogen-bond acceptors (Lipinski definition) is 3. The maximum Gasteiger partial charge on any atom is 1.00 e. The molecule has 46 heavy (non-hydrogen) atoms. The van der Waals surface area contributed by atoms with Crippen molar-refractivity contribution in [3.63, 3.8) is 0 Å². The van der Waals surface area contributed by atoms with E-state index in [9.17, 15) is 92.2 Å². The number of halogens is 21. The second kappa shape index (κ2) is 13.2. The van der Waals surface area contributed by atoms with Crippen LogP contribution in [0.4, 0.5) is 92.2 Å². The van der Waals surface area contributed by atoms with Crippen molar-refractivity contribution in [3.8, 4) is 0 Å². The first-order chi connectivity index (χ1) is 19.8. The summed E-state index contributed by atoms with van der Waals surface area (Å²) in [4.78, 5) is 0. The van der Waals surface area contributed by atoms with Gasteiger partial charge in [-0.05, 0) is 10.9 Å². The fraction of sp³-hybridized carbons (Fsp3) is 0.300. The van der Waals surface area contributed by atoms with E-state index in [2.05, 4.69) is 0 Å². The van der Waals surface area contributed by atoms with Gasteiger partial charge < -0.3 is 15.1 Å². The van der Waals surface area contributed by atoms with Crippen LogP contribution in [0.1, 0.15) is 11.1 Å². The van der Waals surface area contributed by atoms with E-state index < -0.39 is 117 Å². The van der Waals surface area contributed by atoms with Crippen molar-refractivity contribution in [2.75, 3.05) is 0 Å². The minimum atomic E-state index is -7.72. The molecule has 0 heterocycles. The fourth-order valence-electron chi connectivity index (χ4n) is 3.61. The minimum absolute atomic E-state index is 0. The third-order valence-electron chi connectivity index (χ3n) is 5.49. The van der Waals surface area contributed by atoms with Gasteiger partial charge in [-0.25, -0.2) is 35.1 Å². The predicted molar refractivity (Wildman–Crippen MR) is 102 cm³/mol. The Kier molecular flexibility index (Phi) is 12.3. The van der Waals surface area contributed by atoms with E-state index in [1.165, 1.54) is 0 Å². The fourth-order valence-corrected chi connectivity index (χ4v) is 3.61. The maximum atomic E-state index is 14.8. The van der Waals surface area contributed by atoms with Crippen LogP contribution in [0.5, 0.6) is 0 Å². The zero-order valence-corrected chi connectivity index (χ0v) is 27.1. The molecular formula is C20H3BCsF21O3. The Hall–Kier alpha value is -1.29. The predicted octanol–water partition coefficient (Wildman–Crippen LogP) is 4.30. The molecule has 0 radical (unpaired) electrons. The van der Waals surface area contributed by atoms with Gasteiger partial charge in [0, 0.05) is 10.9 Å². The number of rotatable bonds is 4. The summed E-state index contributed by atoms with van der Waals surface area (Å²) in [7, 11) is -2.17. The van der Waals surface area contributed by atoms with Crippen LogP contribution in [0.25, 0.3) is 21.5 Å².